The molecule has 0 unspecified atom stereocenters. The SMILES string of the molecule is COCc1ccc2c(C3=C(c4cn(C)c5cc([N+](=O)[O-])ccc45)C(=O)NC3=O)c[nH]c2c1. The minimum atomic E-state index is -0.499. The Kier molecular flexibility index (Phi) is 4.42. The molecule has 0 aliphatic carbocycles. The van der Waals surface area contributed by atoms with E-state index in [0.717, 1.165) is 16.5 Å². The van der Waals surface area contributed by atoms with Gasteiger partial charge in [-0.1, -0.05) is 12.1 Å². The van der Waals surface area contributed by atoms with Gasteiger partial charge in [0.05, 0.1) is 28.2 Å². The van der Waals surface area contributed by atoms with Crippen LogP contribution < -0.4 is 5.32 Å². The first-order valence-electron chi connectivity index (χ1n) is 9.82. The molecule has 1 aliphatic heterocycles. The Hall–Kier alpha value is -4.24. The van der Waals surface area contributed by atoms with Gasteiger partial charge in [0.1, 0.15) is 0 Å². The van der Waals surface area contributed by atoms with Gasteiger partial charge in [-0.05, 0) is 17.7 Å². The van der Waals surface area contributed by atoms with Crippen molar-refractivity contribution in [3.63, 3.8) is 0 Å². The number of hydrogen-bond acceptors (Lipinski definition) is 5. The number of amides is 2. The molecule has 2 amide bonds. The summed E-state index contributed by atoms with van der Waals surface area (Å²) >= 11 is 0. The second kappa shape index (κ2) is 7.17. The number of carbonyl (C=O) groups excluding carboxylic acids is 2. The number of rotatable bonds is 5. The van der Waals surface area contributed by atoms with Crippen LogP contribution in [0.25, 0.3) is 33.0 Å². The molecule has 2 aromatic heterocycles. The van der Waals surface area contributed by atoms with E-state index in [4.69, 9.17) is 4.74 Å². The van der Waals surface area contributed by atoms with Crippen LogP contribution in [-0.2, 0) is 28.0 Å². The van der Waals surface area contributed by atoms with E-state index in [0.29, 0.717) is 28.6 Å². The summed E-state index contributed by atoms with van der Waals surface area (Å²) in [5, 5.41) is 15.0. The molecule has 0 saturated heterocycles. The summed E-state index contributed by atoms with van der Waals surface area (Å²) in [5.74, 6) is -0.980. The van der Waals surface area contributed by atoms with Gasteiger partial charge in [0.2, 0.25) is 0 Å². The Morgan fingerprint density at radius 3 is 2.47 bits per heavy atom. The van der Waals surface area contributed by atoms with E-state index in [1.807, 2.05) is 18.2 Å². The molecule has 0 bridgehead atoms. The maximum absolute atomic E-state index is 12.9. The third-order valence-electron chi connectivity index (χ3n) is 5.71. The molecule has 9 nitrogen and oxygen atoms in total. The summed E-state index contributed by atoms with van der Waals surface area (Å²) in [5.41, 5.74) is 4.02. The van der Waals surface area contributed by atoms with Crippen molar-refractivity contribution in [3.05, 3.63) is 75.6 Å². The van der Waals surface area contributed by atoms with Crippen molar-refractivity contribution >= 4 is 50.5 Å². The molecule has 9 heteroatoms. The fourth-order valence-electron chi connectivity index (χ4n) is 4.29. The maximum Gasteiger partial charge on any atom is 0.271 e. The normalized spacial score (nSPS) is 14.1. The third-order valence-corrected chi connectivity index (χ3v) is 5.71. The molecule has 5 rings (SSSR count). The number of fused-ring (bicyclic) bond motifs is 2. The molecule has 0 radical (unpaired) electrons. The average Bonchev–Trinajstić information content (AvgIpc) is 3.40. The Morgan fingerprint density at radius 2 is 1.75 bits per heavy atom. The summed E-state index contributed by atoms with van der Waals surface area (Å²) in [7, 11) is 3.36. The lowest BCUT2D eigenvalue weighted by Crippen LogP contribution is -2.22. The molecule has 0 spiro atoms. The summed E-state index contributed by atoms with van der Waals surface area (Å²) in [6, 6.07) is 10.2. The smallest absolute Gasteiger partial charge is 0.271 e. The number of nitrogens with one attached hydrogen (secondary N) is 2. The highest BCUT2D eigenvalue weighted by molar-refractivity contribution is 6.50. The van der Waals surface area contributed by atoms with Gasteiger partial charge in [-0.3, -0.25) is 25.0 Å². The highest BCUT2D eigenvalue weighted by Crippen LogP contribution is 2.38. The van der Waals surface area contributed by atoms with Crippen molar-refractivity contribution in [2.24, 2.45) is 7.05 Å². The molecular weight excluding hydrogens is 412 g/mol. The summed E-state index contributed by atoms with van der Waals surface area (Å²) < 4.78 is 6.89. The Morgan fingerprint density at radius 1 is 1.03 bits per heavy atom. The molecule has 32 heavy (non-hydrogen) atoms. The first-order chi connectivity index (χ1) is 15.4. The van der Waals surface area contributed by atoms with Gasteiger partial charge in [0.15, 0.2) is 0 Å². The summed E-state index contributed by atoms with van der Waals surface area (Å²) in [6.07, 6.45) is 3.43. The molecular formula is C23H18N4O5. The lowest BCUT2D eigenvalue weighted by molar-refractivity contribution is -0.384. The van der Waals surface area contributed by atoms with E-state index < -0.39 is 16.7 Å². The second-order valence-electron chi connectivity index (χ2n) is 7.66. The van der Waals surface area contributed by atoms with Gasteiger partial charge < -0.3 is 14.3 Å². The topological polar surface area (TPSA) is 119 Å². The van der Waals surface area contributed by atoms with Crippen LogP contribution in [0, 0.1) is 10.1 Å². The molecule has 3 heterocycles. The van der Waals surface area contributed by atoms with E-state index >= 15 is 0 Å². The van der Waals surface area contributed by atoms with Crippen molar-refractivity contribution in [2.75, 3.05) is 7.11 Å². The Bertz CT molecular complexity index is 1490. The molecule has 0 atom stereocenters. The van der Waals surface area contributed by atoms with E-state index in [1.165, 1.54) is 12.1 Å². The van der Waals surface area contributed by atoms with Crippen LogP contribution >= 0.6 is 0 Å². The second-order valence-corrected chi connectivity index (χ2v) is 7.66. The minimum Gasteiger partial charge on any atom is -0.380 e. The zero-order valence-electron chi connectivity index (χ0n) is 17.3. The van der Waals surface area contributed by atoms with Gasteiger partial charge in [-0.2, -0.15) is 0 Å². The van der Waals surface area contributed by atoms with E-state index in [2.05, 4.69) is 10.3 Å². The molecule has 1 aliphatic rings. The molecule has 0 saturated carbocycles. The summed E-state index contributed by atoms with van der Waals surface area (Å²) in [4.78, 5) is 39.6. The zero-order valence-corrected chi connectivity index (χ0v) is 17.3. The third kappa shape index (κ3) is 2.90. The molecule has 4 aromatic rings. The monoisotopic (exact) mass is 430 g/mol. The van der Waals surface area contributed by atoms with Crippen LogP contribution in [0.4, 0.5) is 5.69 Å². The number of ether oxygens (including phenoxy) is 1. The van der Waals surface area contributed by atoms with E-state index in [9.17, 15) is 19.7 Å². The fraction of sp³-hybridized carbons (Fsp3) is 0.130. The number of non-ortho nitro benzene ring substituents is 1. The van der Waals surface area contributed by atoms with Crippen molar-refractivity contribution in [3.8, 4) is 0 Å². The zero-order chi connectivity index (χ0) is 22.6. The quantitative estimate of drug-likeness (QED) is 0.286. The predicted molar refractivity (Wildman–Crippen MR) is 119 cm³/mol. The van der Waals surface area contributed by atoms with Gasteiger partial charge >= 0.3 is 0 Å². The number of nitro groups is 1. The van der Waals surface area contributed by atoms with Crippen LogP contribution in [0.5, 0.6) is 0 Å². The first kappa shape index (κ1) is 19.7. The lowest BCUT2D eigenvalue weighted by atomic mass is 9.95. The van der Waals surface area contributed by atoms with Gasteiger partial charge in [0.25, 0.3) is 17.5 Å². The standard InChI is InChI=1S/C23H18N4O5/c1-26-10-17(15-6-4-13(27(30)31)8-19(15)26)21-20(22(28)25-23(21)29)16-9-24-18-7-12(11-32-2)3-5-14(16)18/h3-10,24H,11H2,1-2H3,(H,25,28,29). The number of aryl methyl sites for hydroxylation is 1. The number of aromatic nitrogens is 2. The Labute approximate surface area is 181 Å². The highest BCUT2D eigenvalue weighted by Gasteiger charge is 2.35. The number of benzene rings is 2. The molecule has 160 valence electrons. The van der Waals surface area contributed by atoms with Crippen LogP contribution in [0.3, 0.4) is 0 Å². The van der Waals surface area contributed by atoms with E-state index in [-0.39, 0.29) is 16.8 Å². The van der Waals surface area contributed by atoms with Gasteiger partial charge in [0, 0.05) is 66.1 Å². The molecule has 2 N–H and O–H groups in total. The van der Waals surface area contributed by atoms with Crippen LogP contribution in [0.15, 0.2) is 48.8 Å². The number of hydrogen-bond donors (Lipinski definition) is 2. The van der Waals surface area contributed by atoms with Crippen LogP contribution in [0.2, 0.25) is 0 Å². The largest absolute Gasteiger partial charge is 0.380 e. The van der Waals surface area contributed by atoms with Gasteiger partial charge in [-0.15, -0.1) is 0 Å². The van der Waals surface area contributed by atoms with Crippen molar-refractivity contribution in [1.29, 1.82) is 0 Å². The highest BCUT2D eigenvalue weighted by atomic mass is 16.6. The van der Waals surface area contributed by atoms with Crippen LogP contribution in [0.1, 0.15) is 16.7 Å². The number of nitrogens with zero attached hydrogens (tertiary/aromatic N) is 2. The predicted octanol–water partition coefficient (Wildman–Crippen LogP) is 3.28. The first-order valence-corrected chi connectivity index (χ1v) is 9.82. The minimum absolute atomic E-state index is 0.0464. The van der Waals surface area contributed by atoms with Crippen molar-refractivity contribution < 1.29 is 19.2 Å². The van der Waals surface area contributed by atoms with Crippen LogP contribution in [-0.4, -0.2) is 33.4 Å². The molecule has 2 aromatic carbocycles. The number of aromatic amines is 1. The average molecular weight is 430 g/mol. The van der Waals surface area contributed by atoms with Crippen molar-refractivity contribution in [1.82, 2.24) is 14.9 Å². The molecule has 0 fully saturated rings. The number of nitro benzene ring substituents is 1. The fourth-order valence-corrected chi connectivity index (χ4v) is 4.29. The number of carbonyl (C=O) groups is 2. The van der Waals surface area contributed by atoms with Gasteiger partial charge in [-0.25, -0.2) is 0 Å². The Balaban J connectivity index is 1.75. The lowest BCUT2D eigenvalue weighted by Gasteiger charge is -2.04. The van der Waals surface area contributed by atoms with E-state index in [1.54, 1.807) is 37.2 Å². The number of imide groups is 1. The maximum atomic E-state index is 12.9. The van der Waals surface area contributed by atoms with Crippen molar-refractivity contribution in [2.45, 2.75) is 6.61 Å². The summed E-state index contributed by atoms with van der Waals surface area (Å²) in [6.45, 7) is 0.458. The number of H-pyrrole nitrogens is 1. The number of methoxy groups -OCH3 is 1.